The van der Waals surface area contributed by atoms with Crippen molar-refractivity contribution in [2.45, 2.75) is 13.8 Å². The molecule has 0 aromatic heterocycles. The van der Waals surface area contributed by atoms with Gasteiger partial charge in [0.25, 0.3) is 0 Å². The summed E-state index contributed by atoms with van der Waals surface area (Å²) in [6, 6.07) is 30.8. The average molecular weight is 308 g/mol. The van der Waals surface area contributed by atoms with E-state index in [1.165, 1.54) is 44.2 Å². The van der Waals surface area contributed by atoms with Gasteiger partial charge in [-0.25, -0.2) is 0 Å². The molecule has 4 rings (SSSR count). The Kier molecular flexibility index (Phi) is 3.66. The van der Waals surface area contributed by atoms with Crippen LogP contribution in [0.5, 0.6) is 0 Å². The van der Waals surface area contributed by atoms with Gasteiger partial charge in [-0.15, -0.1) is 0 Å². The van der Waals surface area contributed by atoms with Crippen molar-refractivity contribution in [2.24, 2.45) is 0 Å². The standard InChI is InChI=1S/C24H20/c1-17-7-11-20(12-8-17)23-16-15-19-5-3-4-6-22(19)24(23)21-13-9-18(2)10-14-21/h3-16H,1-2H3. The Morgan fingerprint density at radius 3 is 1.75 bits per heavy atom. The van der Waals surface area contributed by atoms with Crippen molar-refractivity contribution in [1.29, 1.82) is 0 Å². The third-order valence-corrected chi connectivity index (χ3v) is 4.63. The Morgan fingerprint density at radius 1 is 0.500 bits per heavy atom. The lowest BCUT2D eigenvalue weighted by atomic mass is 9.89. The molecule has 0 N–H and O–H groups in total. The first-order chi connectivity index (χ1) is 11.7. The number of rotatable bonds is 2. The smallest absolute Gasteiger partial charge is 0.00268 e. The van der Waals surface area contributed by atoms with Crippen LogP contribution in [0.3, 0.4) is 0 Å². The van der Waals surface area contributed by atoms with E-state index >= 15 is 0 Å². The molecule has 0 aliphatic heterocycles. The second-order valence-electron chi connectivity index (χ2n) is 6.44. The van der Waals surface area contributed by atoms with Gasteiger partial charge in [0.2, 0.25) is 0 Å². The highest BCUT2D eigenvalue weighted by Gasteiger charge is 2.11. The Hall–Kier alpha value is -2.86. The van der Waals surface area contributed by atoms with E-state index in [0.29, 0.717) is 0 Å². The molecule has 0 aliphatic rings. The van der Waals surface area contributed by atoms with Crippen LogP contribution in [-0.4, -0.2) is 0 Å². The zero-order valence-electron chi connectivity index (χ0n) is 14.1. The van der Waals surface area contributed by atoms with Gasteiger partial charge >= 0.3 is 0 Å². The fourth-order valence-corrected chi connectivity index (χ4v) is 3.28. The minimum atomic E-state index is 1.27. The van der Waals surface area contributed by atoms with Crippen LogP contribution in [0.25, 0.3) is 33.0 Å². The van der Waals surface area contributed by atoms with Gasteiger partial charge in [-0.2, -0.15) is 0 Å². The summed E-state index contributed by atoms with van der Waals surface area (Å²) in [5.41, 5.74) is 7.72. The molecule has 0 amide bonds. The molecule has 0 aliphatic carbocycles. The van der Waals surface area contributed by atoms with E-state index < -0.39 is 0 Å². The molecule has 0 spiro atoms. The molecular formula is C24H20. The Bertz CT molecular complexity index is 990. The van der Waals surface area contributed by atoms with Crippen molar-refractivity contribution in [3.63, 3.8) is 0 Å². The molecule has 4 aromatic rings. The van der Waals surface area contributed by atoms with Crippen LogP contribution in [0.1, 0.15) is 11.1 Å². The van der Waals surface area contributed by atoms with E-state index in [2.05, 4.69) is 98.8 Å². The van der Waals surface area contributed by atoms with Crippen molar-refractivity contribution >= 4 is 10.8 Å². The fourth-order valence-electron chi connectivity index (χ4n) is 3.28. The quantitative estimate of drug-likeness (QED) is 0.382. The summed E-state index contributed by atoms with van der Waals surface area (Å²) in [7, 11) is 0. The van der Waals surface area contributed by atoms with Crippen LogP contribution in [0, 0.1) is 13.8 Å². The molecule has 0 saturated heterocycles. The molecule has 4 aromatic carbocycles. The van der Waals surface area contributed by atoms with Gasteiger partial charge in [0.05, 0.1) is 0 Å². The maximum Gasteiger partial charge on any atom is -0.00268 e. The van der Waals surface area contributed by atoms with E-state index in [0.717, 1.165) is 0 Å². The zero-order chi connectivity index (χ0) is 16.5. The van der Waals surface area contributed by atoms with Crippen LogP contribution in [0.4, 0.5) is 0 Å². The van der Waals surface area contributed by atoms with E-state index in [4.69, 9.17) is 0 Å². The highest BCUT2D eigenvalue weighted by atomic mass is 14.1. The first-order valence-corrected chi connectivity index (χ1v) is 8.38. The van der Waals surface area contributed by atoms with Crippen LogP contribution in [-0.2, 0) is 0 Å². The second-order valence-corrected chi connectivity index (χ2v) is 6.44. The number of fused-ring (bicyclic) bond motifs is 1. The number of hydrogen-bond donors (Lipinski definition) is 0. The number of benzene rings is 4. The lowest BCUT2D eigenvalue weighted by Gasteiger charge is -2.14. The molecule has 0 fully saturated rings. The van der Waals surface area contributed by atoms with Crippen LogP contribution >= 0.6 is 0 Å². The van der Waals surface area contributed by atoms with Crippen molar-refractivity contribution in [2.75, 3.05) is 0 Å². The monoisotopic (exact) mass is 308 g/mol. The summed E-state index contributed by atoms with van der Waals surface area (Å²) in [6.07, 6.45) is 0. The highest BCUT2D eigenvalue weighted by Crippen LogP contribution is 2.38. The minimum absolute atomic E-state index is 1.27. The maximum absolute atomic E-state index is 2.25. The van der Waals surface area contributed by atoms with Gasteiger partial charge in [0.15, 0.2) is 0 Å². The normalized spacial score (nSPS) is 10.9. The number of aryl methyl sites for hydroxylation is 2. The zero-order valence-corrected chi connectivity index (χ0v) is 14.1. The van der Waals surface area contributed by atoms with E-state index in [1.807, 2.05) is 0 Å². The summed E-state index contributed by atoms with van der Waals surface area (Å²) >= 11 is 0. The minimum Gasteiger partial charge on any atom is -0.0616 e. The van der Waals surface area contributed by atoms with E-state index in [9.17, 15) is 0 Å². The lowest BCUT2D eigenvalue weighted by molar-refractivity contribution is 1.46. The highest BCUT2D eigenvalue weighted by molar-refractivity contribution is 6.04. The third kappa shape index (κ3) is 2.61. The van der Waals surface area contributed by atoms with Crippen LogP contribution < -0.4 is 0 Å². The molecule has 0 heterocycles. The molecule has 0 radical (unpaired) electrons. The van der Waals surface area contributed by atoms with Crippen LogP contribution in [0.15, 0.2) is 84.9 Å². The van der Waals surface area contributed by atoms with Crippen molar-refractivity contribution < 1.29 is 0 Å². The Morgan fingerprint density at radius 2 is 1.08 bits per heavy atom. The molecule has 0 nitrogen and oxygen atoms in total. The largest absolute Gasteiger partial charge is 0.0616 e. The molecule has 0 heteroatoms. The molecular weight excluding hydrogens is 288 g/mol. The summed E-state index contributed by atoms with van der Waals surface area (Å²) in [5, 5.41) is 2.59. The lowest BCUT2D eigenvalue weighted by Crippen LogP contribution is -1.88. The average Bonchev–Trinajstić information content (AvgIpc) is 2.62. The van der Waals surface area contributed by atoms with Crippen molar-refractivity contribution in [3.05, 3.63) is 96.1 Å². The predicted molar refractivity (Wildman–Crippen MR) is 104 cm³/mol. The fraction of sp³-hybridized carbons (Fsp3) is 0.0833. The SMILES string of the molecule is Cc1ccc(-c2ccc3ccccc3c2-c2ccc(C)cc2)cc1. The maximum atomic E-state index is 2.25. The first kappa shape index (κ1) is 14.7. The van der Waals surface area contributed by atoms with Crippen molar-refractivity contribution in [3.8, 4) is 22.3 Å². The molecule has 0 bridgehead atoms. The van der Waals surface area contributed by atoms with Crippen molar-refractivity contribution in [1.82, 2.24) is 0 Å². The van der Waals surface area contributed by atoms with Gasteiger partial charge < -0.3 is 0 Å². The molecule has 0 saturated carbocycles. The van der Waals surface area contributed by atoms with Crippen LogP contribution in [0.2, 0.25) is 0 Å². The topological polar surface area (TPSA) is 0 Å². The molecule has 0 unspecified atom stereocenters. The Labute approximate surface area is 143 Å². The van der Waals surface area contributed by atoms with E-state index in [1.54, 1.807) is 0 Å². The second kappa shape index (κ2) is 5.98. The predicted octanol–water partition coefficient (Wildman–Crippen LogP) is 6.79. The Balaban J connectivity index is 2.04. The molecule has 116 valence electrons. The van der Waals surface area contributed by atoms with Gasteiger partial charge in [-0.05, 0) is 46.9 Å². The third-order valence-electron chi connectivity index (χ3n) is 4.63. The van der Waals surface area contributed by atoms with Gasteiger partial charge in [-0.3, -0.25) is 0 Å². The van der Waals surface area contributed by atoms with Gasteiger partial charge in [0, 0.05) is 0 Å². The first-order valence-electron chi connectivity index (χ1n) is 8.38. The molecule has 24 heavy (non-hydrogen) atoms. The van der Waals surface area contributed by atoms with E-state index in [-0.39, 0.29) is 0 Å². The number of hydrogen-bond acceptors (Lipinski definition) is 0. The summed E-state index contributed by atoms with van der Waals surface area (Å²) in [6.45, 7) is 4.26. The summed E-state index contributed by atoms with van der Waals surface area (Å²) in [5.74, 6) is 0. The summed E-state index contributed by atoms with van der Waals surface area (Å²) < 4.78 is 0. The molecule has 0 atom stereocenters. The van der Waals surface area contributed by atoms with Gasteiger partial charge in [0.1, 0.15) is 0 Å². The summed E-state index contributed by atoms with van der Waals surface area (Å²) in [4.78, 5) is 0. The van der Waals surface area contributed by atoms with Gasteiger partial charge in [-0.1, -0.05) is 96.1 Å².